The van der Waals surface area contributed by atoms with Gasteiger partial charge in [-0.2, -0.15) is 0 Å². The fourth-order valence-corrected chi connectivity index (χ4v) is 1.39. The molecule has 0 radical (unpaired) electrons. The molecule has 2 aromatic rings. The second-order valence-electron chi connectivity index (χ2n) is 4.37. The van der Waals surface area contributed by atoms with Crippen LogP contribution in [0.25, 0.3) is 0 Å². The van der Waals surface area contributed by atoms with E-state index in [1.807, 2.05) is 56.3 Å². The Kier molecular flexibility index (Phi) is 5.18. The number of anilines is 2. The predicted molar refractivity (Wildman–Crippen MR) is 78.9 cm³/mol. The summed E-state index contributed by atoms with van der Waals surface area (Å²) in [6, 6.07) is 11.8. The number of aryl methyl sites for hydroxylation is 1. The Morgan fingerprint density at radius 1 is 1.00 bits per heavy atom. The van der Waals surface area contributed by atoms with E-state index in [1.54, 1.807) is 6.20 Å². The van der Waals surface area contributed by atoms with E-state index >= 15 is 0 Å². The molecule has 0 saturated carbocycles. The summed E-state index contributed by atoms with van der Waals surface area (Å²) in [4.78, 5) is 6.08. The average molecular weight is 243 g/mol. The van der Waals surface area contributed by atoms with Crippen LogP contribution in [0.2, 0.25) is 0 Å². The van der Waals surface area contributed by atoms with Crippen LogP contribution in [0.4, 0.5) is 11.5 Å². The third-order valence-electron chi connectivity index (χ3n) is 2.75. The van der Waals surface area contributed by atoms with Crippen LogP contribution in [0, 0.1) is 13.8 Å². The third kappa shape index (κ3) is 4.09. The van der Waals surface area contributed by atoms with E-state index < -0.39 is 0 Å². The van der Waals surface area contributed by atoms with Gasteiger partial charge >= 0.3 is 0 Å². The van der Waals surface area contributed by atoms with Crippen molar-refractivity contribution in [3.63, 3.8) is 0 Å². The molecule has 96 valence electrons. The van der Waals surface area contributed by atoms with E-state index in [2.05, 4.69) is 18.0 Å². The topological polar surface area (TPSA) is 42.2 Å². The van der Waals surface area contributed by atoms with E-state index in [9.17, 15) is 0 Å². The van der Waals surface area contributed by atoms with Crippen LogP contribution in [0.15, 0.2) is 42.6 Å². The van der Waals surface area contributed by atoms with Gasteiger partial charge in [-0.25, -0.2) is 4.98 Å². The van der Waals surface area contributed by atoms with Gasteiger partial charge in [0.05, 0.1) is 0 Å². The molecule has 3 nitrogen and oxygen atoms in total. The number of nitrogen functional groups attached to an aromatic ring is 1. The van der Waals surface area contributed by atoms with Gasteiger partial charge in [0.2, 0.25) is 0 Å². The minimum absolute atomic E-state index is 0.884. The van der Waals surface area contributed by atoms with Gasteiger partial charge in [0.15, 0.2) is 0 Å². The lowest BCUT2D eigenvalue weighted by atomic mass is 10.1. The van der Waals surface area contributed by atoms with Gasteiger partial charge in [-0.1, -0.05) is 18.2 Å². The lowest BCUT2D eigenvalue weighted by molar-refractivity contribution is 1.07. The molecule has 0 spiro atoms. The molecule has 18 heavy (non-hydrogen) atoms. The van der Waals surface area contributed by atoms with Gasteiger partial charge in [0.25, 0.3) is 0 Å². The van der Waals surface area contributed by atoms with Crippen molar-refractivity contribution in [1.82, 2.24) is 4.98 Å². The van der Waals surface area contributed by atoms with Gasteiger partial charge in [0.1, 0.15) is 5.82 Å². The summed E-state index contributed by atoms with van der Waals surface area (Å²) >= 11 is 0. The number of nitrogens with zero attached hydrogens (tertiary/aromatic N) is 2. The van der Waals surface area contributed by atoms with E-state index in [4.69, 9.17) is 5.73 Å². The molecule has 0 bridgehead atoms. The Balaban J connectivity index is 0.000000180. The van der Waals surface area contributed by atoms with E-state index in [-0.39, 0.29) is 0 Å². The number of hydrogen-bond acceptors (Lipinski definition) is 3. The first-order valence-electron chi connectivity index (χ1n) is 5.92. The summed E-state index contributed by atoms with van der Waals surface area (Å²) in [5.74, 6) is 0.998. The van der Waals surface area contributed by atoms with Crippen molar-refractivity contribution in [2.45, 2.75) is 13.8 Å². The molecule has 0 aliphatic heterocycles. The van der Waals surface area contributed by atoms with E-state index in [0.29, 0.717) is 0 Å². The molecule has 3 heteroatoms. The standard InChI is InChI=1S/C8H11N.C7H10N2/c1-6-4-3-5-8(9)7(6)2;1-9(2)7-5-3-4-6-8-7/h3-5H,9H2,1-2H3;3-6H,1-2H3. The highest BCUT2D eigenvalue weighted by Gasteiger charge is 1.92. The lowest BCUT2D eigenvalue weighted by Gasteiger charge is -2.08. The molecule has 1 heterocycles. The van der Waals surface area contributed by atoms with Crippen molar-refractivity contribution in [2.24, 2.45) is 0 Å². The zero-order valence-electron chi connectivity index (χ0n) is 11.5. The fourth-order valence-electron chi connectivity index (χ4n) is 1.39. The molecule has 1 aromatic heterocycles. The minimum atomic E-state index is 0.884. The summed E-state index contributed by atoms with van der Waals surface area (Å²) in [5, 5.41) is 0. The SMILES string of the molecule is CN(C)c1ccccn1.Cc1cccc(N)c1C. The zero-order valence-corrected chi connectivity index (χ0v) is 11.5. The molecule has 0 fully saturated rings. The normalized spacial score (nSPS) is 9.33. The average Bonchev–Trinajstić information content (AvgIpc) is 2.38. The number of nitrogens with two attached hydrogens (primary N) is 1. The van der Waals surface area contributed by atoms with Crippen molar-refractivity contribution >= 4 is 11.5 Å². The number of pyridine rings is 1. The fraction of sp³-hybridized carbons (Fsp3) is 0.267. The summed E-state index contributed by atoms with van der Waals surface area (Å²) in [7, 11) is 3.95. The van der Waals surface area contributed by atoms with Crippen molar-refractivity contribution in [1.29, 1.82) is 0 Å². The predicted octanol–water partition coefficient (Wildman–Crippen LogP) is 3.03. The molecule has 0 saturated heterocycles. The van der Waals surface area contributed by atoms with Gasteiger partial charge < -0.3 is 10.6 Å². The summed E-state index contributed by atoms with van der Waals surface area (Å²) < 4.78 is 0. The highest BCUT2D eigenvalue weighted by atomic mass is 15.1. The maximum atomic E-state index is 5.62. The first-order chi connectivity index (χ1) is 8.52. The van der Waals surface area contributed by atoms with Crippen molar-refractivity contribution in [3.8, 4) is 0 Å². The number of benzene rings is 1. The molecule has 0 unspecified atom stereocenters. The van der Waals surface area contributed by atoms with Crippen LogP contribution in [-0.4, -0.2) is 19.1 Å². The van der Waals surface area contributed by atoms with Crippen LogP contribution < -0.4 is 10.6 Å². The Labute approximate surface area is 109 Å². The highest BCUT2D eigenvalue weighted by Crippen LogP contribution is 2.13. The van der Waals surface area contributed by atoms with Gasteiger partial charge in [-0.05, 0) is 43.2 Å². The Morgan fingerprint density at radius 2 is 1.72 bits per heavy atom. The first kappa shape index (κ1) is 14.0. The Morgan fingerprint density at radius 3 is 2.11 bits per heavy atom. The molecule has 0 aliphatic rings. The third-order valence-corrected chi connectivity index (χ3v) is 2.75. The monoisotopic (exact) mass is 243 g/mol. The zero-order chi connectivity index (χ0) is 13.5. The largest absolute Gasteiger partial charge is 0.399 e. The molecular weight excluding hydrogens is 222 g/mol. The van der Waals surface area contributed by atoms with Crippen LogP contribution in [0.1, 0.15) is 11.1 Å². The number of aromatic nitrogens is 1. The van der Waals surface area contributed by atoms with Crippen LogP contribution in [-0.2, 0) is 0 Å². The molecular formula is C15H21N3. The molecule has 1 aromatic carbocycles. The molecule has 0 aliphatic carbocycles. The molecule has 2 rings (SSSR count). The van der Waals surface area contributed by atoms with Gasteiger partial charge in [-0.15, -0.1) is 0 Å². The summed E-state index contributed by atoms with van der Waals surface area (Å²) in [5.41, 5.74) is 8.96. The maximum Gasteiger partial charge on any atom is 0.127 e. The van der Waals surface area contributed by atoms with Gasteiger partial charge in [0, 0.05) is 26.0 Å². The number of hydrogen-bond donors (Lipinski definition) is 1. The Bertz CT molecular complexity index is 458. The highest BCUT2D eigenvalue weighted by molar-refractivity contribution is 5.49. The van der Waals surface area contributed by atoms with Crippen molar-refractivity contribution in [3.05, 3.63) is 53.7 Å². The Hall–Kier alpha value is -2.03. The van der Waals surface area contributed by atoms with Crippen LogP contribution in [0.5, 0.6) is 0 Å². The van der Waals surface area contributed by atoms with E-state index in [0.717, 1.165) is 11.5 Å². The second-order valence-corrected chi connectivity index (χ2v) is 4.37. The van der Waals surface area contributed by atoms with Crippen molar-refractivity contribution in [2.75, 3.05) is 24.7 Å². The van der Waals surface area contributed by atoms with Crippen molar-refractivity contribution < 1.29 is 0 Å². The maximum absolute atomic E-state index is 5.62. The van der Waals surface area contributed by atoms with Crippen LogP contribution >= 0.6 is 0 Å². The second kappa shape index (κ2) is 6.64. The summed E-state index contributed by atoms with van der Waals surface area (Å²) in [6.45, 7) is 4.09. The molecule has 0 atom stereocenters. The van der Waals surface area contributed by atoms with Gasteiger partial charge in [-0.3, -0.25) is 0 Å². The summed E-state index contributed by atoms with van der Waals surface area (Å²) in [6.07, 6.45) is 1.79. The quantitative estimate of drug-likeness (QED) is 0.783. The molecule has 2 N–H and O–H groups in total. The minimum Gasteiger partial charge on any atom is -0.399 e. The number of rotatable bonds is 1. The van der Waals surface area contributed by atoms with E-state index in [1.165, 1.54) is 11.1 Å². The smallest absolute Gasteiger partial charge is 0.127 e. The van der Waals surface area contributed by atoms with Crippen LogP contribution in [0.3, 0.4) is 0 Å². The molecule has 0 amide bonds. The first-order valence-corrected chi connectivity index (χ1v) is 5.92. The lowest BCUT2D eigenvalue weighted by Crippen LogP contribution is -2.09.